The van der Waals surface area contributed by atoms with Gasteiger partial charge in [0, 0.05) is 17.2 Å². The molecule has 0 amide bonds. The summed E-state index contributed by atoms with van der Waals surface area (Å²) in [7, 11) is 2.21. The molecule has 0 saturated heterocycles. The molecule has 2 aromatic heterocycles. The number of nitrogens with one attached hydrogen (secondary N) is 1. The Morgan fingerprint density at radius 3 is 2.04 bits per heavy atom. The Morgan fingerprint density at radius 2 is 1.48 bits per heavy atom. The van der Waals surface area contributed by atoms with Crippen LogP contribution >= 0.6 is 0 Å². The van der Waals surface area contributed by atoms with Crippen LogP contribution in [0.2, 0.25) is 0 Å². The number of nitrogens with zero attached hydrogens (tertiary/aromatic N) is 5. The molecule has 1 aliphatic rings. The van der Waals surface area contributed by atoms with Crippen molar-refractivity contribution in [2.45, 2.75) is 103 Å². The number of anilines is 2. The standard InChI is InChI=1S/C27H25F6N5.C9H21N/c1-2-16-8-10-17(11-9-16)23-22-15-34-25(37-38(22)24(36-23)18-6-4-3-5-7-18)35-21-13-19(26(28,29)30)12-20(14-21)27(31,32)33;1-4-6-7-9-10(3)8-5-2/h8-15,18H,2-7H2,1H3,(H,35,37);4-9H2,1-3H3. The van der Waals surface area contributed by atoms with Crippen molar-refractivity contribution in [3.8, 4) is 11.3 Å². The number of halogens is 6. The SMILES string of the molecule is CCCCCN(C)CCC.CCc1ccc(-c2nc(C3CCCCC3)n3nc(Nc4cc(C(F)(F)F)cc(C(F)(F)F)c4)ncc23)cc1. The third-order valence-electron chi connectivity index (χ3n) is 8.62. The minimum atomic E-state index is -4.96. The first-order chi connectivity index (χ1) is 22.8. The first-order valence-corrected chi connectivity index (χ1v) is 16.9. The molecule has 4 aromatic rings. The van der Waals surface area contributed by atoms with Crippen LogP contribution in [0.1, 0.15) is 107 Å². The second kappa shape index (κ2) is 16.6. The molecule has 48 heavy (non-hydrogen) atoms. The zero-order chi connectivity index (χ0) is 34.9. The maximum Gasteiger partial charge on any atom is 0.416 e. The molecule has 0 aliphatic heterocycles. The van der Waals surface area contributed by atoms with Gasteiger partial charge in [-0.3, -0.25) is 0 Å². The van der Waals surface area contributed by atoms with Crippen LogP contribution < -0.4 is 5.32 Å². The van der Waals surface area contributed by atoms with Gasteiger partial charge in [0.2, 0.25) is 5.95 Å². The Bertz CT molecular complexity index is 1560. The minimum absolute atomic E-state index is 0.0857. The van der Waals surface area contributed by atoms with Crippen LogP contribution in [-0.2, 0) is 18.8 Å². The molecule has 0 bridgehead atoms. The van der Waals surface area contributed by atoms with Crippen molar-refractivity contribution >= 4 is 17.2 Å². The van der Waals surface area contributed by atoms with Gasteiger partial charge in [-0.15, -0.1) is 5.10 Å². The van der Waals surface area contributed by atoms with Crippen molar-refractivity contribution in [3.63, 3.8) is 0 Å². The monoisotopic (exact) mass is 676 g/mol. The van der Waals surface area contributed by atoms with Crippen LogP contribution in [0, 0.1) is 0 Å². The molecule has 1 saturated carbocycles. The second-order valence-corrected chi connectivity index (χ2v) is 12.5. The Hall–Kier alpha value is -3.67. The Morgan fingerprint density at radius 1 is 0.833 bits per heavy atom. The molecule has 12 heteroatoms. The number of alkyl halides is 6. The Balaban J connectivity index is 0.000000453. The predicted molar refractivity (Wildman–Crippen MR) is 178 cm³/mol. The third-order valence-corrected chi connectivity index (χ3v) is 8.62. The molecule has 2 aromatic carbocycles. The van der Waals surface area contributed by atoms with E-state index in [0.29, 0.717) is 29.2 Å². The maximum atomic E-state index is 13.3. The van der Waals surface area contributed by atoms with Crippen molar-refractivity contribution in [1.82, 2.24) is 24.5 Å². The lowest BCUT2D eigenvalue weighted by Gasteiger charge is -2.20. The molecule has 2 heterocycles. The van der Waals surface area contributed by atoms with E-state index in [-0.39, 0.29) is 17.9 Å². The predicted octanol–water partition coefficient (Wildman–Crippen LogP) is 10.7. The van der Waals surface area contributed by atoms with Gasteiger partial charge in [0.15, 0.2) is 0 Å². The first-order valence-electron chi connectivity index (χ1n) is 16.9. The minimum Gasteiger partial charge on any atom is -0.323 e. The molecule has 6 nitrogen and oxygen atoms in total. The van der Waals surface area contributed by atoms with Gasteiger partial charge in [-0.05, 0) is 76.0 Å². The van der Waals surface area contributed by atoms with Crippen LogP contribution in [0.4, 0.5) is 38.0 Å². The fourth-order valence-corrected chi connectivity index (χ4v) is 5.98. The highest BCUT2D eigenvalue weighted by Crippen LogP contribution is 2.39. The summed E-state index contributed by atoms with van der Waals surface area (Å²) in [5.41, 5.74) is 0.0869. The van der Waals surface area contributed by atoms with E-state index in [0.717, 1.165) is 44.1 Å². The number of hydrogen-bond acceptors (Lipinski definition) is 5. The lowest BCUT2D eigenvalue weighted by molar-refractivity contribution is -0.143. The van der Waals surface area contributed by atoms with E-state index in [2.05, 4.69) is 48.1 Å². The lowest BCUT2D eigenvalue weighted by atomic mass is 9.89. The summed E-state index contributed by atoms with van der Waals surface area (Å²) in [6.07, 6.45) is 2.89. The van der Waals surface area contributed by atoms with Crippen LogP contribution in [0.3, 0.4) is 0 Å². The normalized spacial score (nSPS) is 14.3. The van der Waals surface area contributed by atoms with E-state index in [9.17, 15) is 26.3 Å². The van der Waals surface area contributed by atoms with E-state index in [1.54, 1.807) is 4.52 Å². The van der Waals surface area contributed by atoms with Gasteiger partial charge < -0.3 is 10.2 Å². The maximum absolute atomic E-state index is 13.3. The van der Waals surface area contributed by atoms with Crippen LogP contribution in [0.5, 0.6) is 0 Å². The topological polar surface area (TPSA) is 58.4 Å². The first kappa shape index (κ1) is 37.2. The summed E-state index contributed by atoms with van der Waals surface area (Å²) in [5, 5.41) is 7.02. The van der Waals surface area contributed by atoms with Gasteiger partial charge in [0.05, 0.1) is 23.0 Å². The number of unbranched alkanes of at least 4 members (excludes halogenated alkanes) is 2. The van der Waals surface area contributed by atoms with Gasteiger partial charge >= 0.3 is 12.4 Å². The highest BCUT2D eigenvalue weighted by atomic mass is 19.4. The van der Waals surface area contributed by atoms with Crippen molar-refractivity contribution in [3.05, 3.63) is 71.2 Å². The molecule has 1 fully saturated rings. The lowest BCUT2D eigenvalue weighted by Crippen LogP contribution is -2.20. The van der Waals surface area contributed by atoms with Crippen molar-refractivity contribution in [1.29, 1.82) is 0 Å². The quantitative estimate of drug-likeness (QED) is 0.127. The van der Waals surface area contributed by atoms with E-state index in [1.807, 2.05) is 24.3 Å². The zero-order valence-corrected chi connectivity index (χ0v) is 28.2. The van der Waals surface area contributed by atoms with Gasteiger partial charge in [-0.25, -0.2) is 14.5 Å². The molecule has 0 unspecified atom stereocenters. The highest BCUT2D eigenvalue weighted by Gasteiger charge is 2.37. The van der Waals surface area contributed by atoms with Crippen molar-refractivity contribution in [2.75, 3.05) is 25.5 Å². The summed E-state index contributed by atoms with van der Waals surface area (Å²) in [4.78, 5) is 11.5. The Kier molecular flexibility index (Phi) is 12.9. The number of hydrogen-bond donors (Lipinski definition) is 1. The van der Waals surface area contributed by atoms with Gasteiger partial charge in [-0.2, -0.15) is 26.3 Å². The Labute approximate surface area is 279 Å². The molecule has 5 rings (SSSR count). The average Bonchev–Trinajstić information content (AvgIpc) is 3.44. The van der Waals surface area contributed by atoms with Gasteiger partial charge in [0.1, 0.15) is 11.3 Å². The smallest absolute Gasteiger partial charge is 0.323 e. The number of benzene rings is 2. The molecular weight excluding hydrogens is 630 g/mol. The number of aromatic nitrogens is 4. The van der Waals surface area contributed by atoms with Crippen molar-refractivity contribution in [2.24, 2.45) is 0 Å². The molecule has 262 valence electrons. The average molecular weight is 677 g/mol. The summed E-state index contributed by atoms with van der Waals surface area (Å²) >= 11 is 0. The fourth-order valence-electron chi connectivity index (χ4n) is 5.98. The summed E-state index contributed by atoms with van der Waals surface area (Å²) in [5.74, 6) is 0.708. The third kappa shape index (κ3) is 9.93. The zero-order valence-electron chi connectivity index (χ0n) is 28.2. The number of imidazole rings is 1. The number of fused-ring (bicyclic) bond motifs is 1. The van der Waals surface area contributed by atoms with E-state index >= 15 is 0 Å². The van der Waals surface area contributed by atoms with Crippen molar-refractivity contribution < 1.29 is 26.3 Å². The molecule has 0 spiro atoms. The molecule has 0 atom stereocenters. The summed E-state index contributed by atoms with van der Waals surface area (Å²) in [6, 6.07) is 9.28. The highest BCUT2D eigenvalue weighted by molar-refractivity contribution is 5.77. The van der Waals surface area contributed by atoms with E-state index in [4.69, 9.17) is 4.98 Å². The summed E-state index contributed by atoms with van der Waals surface area (Å²) < 4.78 is 81.5. The van der Waals surface area contributed by atoms with Gasteiger partial charge in [0.25, 0.3) is 0 Å². The fraction of sp³-hybridized carbons (Fsp3) is 0.528. The largest absolute Gasteiger partial charge is 0.416 e. The van der Waals surface area contributed by atoms with Crippen LogP contribution in [0.15, 0.2) is 48.7 Å². The molecule has 1 N–H and O–H groups in total. The molecular formula is C36H46F6N6. The van der Waals surface area contributed by atoms with Crippen LogP contribution in [0.25, 0.3) is 16.8 Å². The number of rotatable bonds is 11. The summed E-state index contributed by atoms with van der Waals surface area (Å²) in [6.45, 7) is 9.08. The van der Waals surface area contributed by atoms with E-state index in [1.165, 1.54) is 50.5 Å². The van der Waals surface area contributed by atoms with E-state index < -0.39 is 29.2 Å². The number of aryl methyl sites for hydroxylation is 1. The van der Waals surface area contributed by atoms with Crippen LogP contribution in [-0.4, -0.2) is 44.6 Å². The molecule has 1 aliphatic carbocycles. The van der Waals surface area contributed by atoms with Gasteiger partial charge in [-0.1, -0.05) is 77.1 Å². The molecule has 0 radical (unpaired) electrons. The second-order valence-electron chi connectivity index (χ2n) is 12.5.